The minimum atomic E-state index is -0.241. The quantitative estimate of drug-likeness (QED) is 0.336. The highest BCUT2D eigenvalue weighted by molar-refractivity contribution is 6.09. The normalized spacial score (nSPS) is 15.7. The van der Waals surface area contributed by atoms with Crippen molar-refractivity contribution in [2.24, 2.45) is 10.8 Å². The third-order valence-corrected chi connectivity index (χ3v) is 6.66. The van der Waals surface area contributed by atoms with Crippen molar-refractivity contribution in [2.75, 3.05) is 13.7 Å². The molecule has 2 heterocycles. The van der Waals surface area contributed by atoms with Gasteiger partial charge in [0.1, 0.15) is 5.75 Å². The molecule has 194 valence electrons. The van der Waals surface area contributed by atoms with Crippen molar-refractivity contribution >= 4 is 17.6 Å². The second kappa shape index (κ2) is 10.5. The lowest BCUT2D eigenvalue weighted by Crippen LogP contribution is -2.33. The Morgan fingerprint density at radius 2 is 1.86 bits per heavy atom. The van der Waals surface area contributed by atoms with E-state index in [2.05, 4.69) is 57.5 Å². The van der Waals surface area contributed by atoms with Crippen LogP contribution in [-0.2, 0) is 6.42 Å². The number of carbonyl (C=O) groups is 1. The first kappa shape index (κ1) is 27.4. The van der Waals surface area contributed by atoms with Crippen LogP contribution in [0.1, 0.15) is 88.8 Å². The van der Waals surface area contributed by atoms with Gasteiger partial charge in [0.25, 0.3) is 0 Å². The molecule has 1 unspecified atom stereocenters. The van der Waals surface area contributed by atoms with E-state index in [1.54, 1.807) is 19.4 Å². The molecular weight excluding hydrogens is 450 g/mol. The number of carbonyl (C=O) groups excluding carboxylic acids is 1. The van der Waals surface area contributed by atoms with Crippen molar-refractivity contribution in [3.05, 3.63) is 57.5 Å². The summed E-state index contributed by atoms with van der Waals surface area (Å²) < 4.78 is 7.88. The highest BCUT2D eigenvalue weighted by Gasteiger charge is 2.34. The van der Waals surface area contributed by atoms with E-state index in [0.717, 1.165) is 40.9 Å². The Labute approximate surface area is 215 Å². The summed E-state index contributed by atoms with van der Waals surface area (Å²) >= 11 is 0. The Balaban J connectivity index is 2.20. The number of Topliss-reactive ketones (excluding diaryl/α,β-unsaturated/α-hetero) is 1. The summed E-state index contributed by atoms with van der Waals surface area (Å²) in [4.78, 5) is 25.7. The molecule has 0 aliphatic carbocycles. The molecule has 1 aliphatic rings. The molecule has 6 heteroatoms. The Morgan fingerprint density at radius 1 is 1.17 bits per heavy atom. The molecular formula is C30H41N3O3. The molecule has 1 aromatic heterocycles. The topological polar surface area (TPSA) is 84.2 Å². The third kappa shape index (κ3) is 5.80. The minimum Gasteiger partial charge on any atom is -0.496 e. The fourth-order valence-corrected chi connectivity index (χ4v) is 4.72. The number of nitrogens with one attached hydrogen (secondary N) is 2. The van der Waals surface area contributed by atoms with Gasteiger partial charge in [-0.25, -0.2) is 0 Å². The van der Waals surface area contributed by atoms with Crippen molar-refractivity contribution < 1.29 is 9.53 Å². The molecule has 0 saturated heterocycles. The molecule has 36 heavy (non-hydrogen) atoms. The van der Waals surface area contributed by atoms with Gasteiger partial charge in [0.15, 0.2) is 11.2 Å². The van der Waals surface area contributed by atoms with Crippen molar-refractivity contribution in [1.29, 1.82) is 5.41 Å². The van der Waals surface area contributed by atoms with E-state index < -0.39 is 0 Å². The van der Waals surface area contributed by atoms with E-state index in [-0.39, 0.29) is 33.6 Å². The third-order valence-electron chi connectivity index (χ3n) is 6.66. The number of nitrogens with zero attached hydrogens (tertiary/aromatic N) is 1. The fourth-order valence-electron chi connectivity index (χ4n) is 4.72. The Morgan fingerprint density at radius 3 is 2.42 bits per heavy atom. The lowest BCUT2D eigenvalue weighted by molar-refractivity contribution is 0.0979. The smallest absolute Gasteiger partial charge is 0.192 e. The van der Waals surface area contributed by atoms with Crippen molar-refractivity contribution in [3.8, 4) is 17.0 Å². The van der Waals surface area contributed by atoms with Crippen LogP contribution in [0.3, 0.4) is 0 Å². The first-order valence-corrected chi connectivity index (χ1v) is 12.8. The zero-order chi connectivity index (χ0) is 26.8. The van der Waals surface area contributed by atoms with Gasteiger partial charge in [0, 0.05) is 60.4 Å². The van der Waals surface area contributed by atoms with E-state index in [4.69, 9.17) is 10.1 Å². The standard InChI is InChI=1S/C30H41N3O3/c1-9-10-25(34)23-17-33-24(14-26(23)35)21-13-27(36-8)22(11-19(21)12-28(33)30(5,6)7)20(15-31)16-32-18-29(2,3)4/h11,13-17,28,31-32H,9-10,12,18H2,1-8H3/b20-16+,31-15?. The van der Waals surface area contributed by atoms with Crippen LogP contribution in [0.2, 0.25) is 0 Å². The Bertz CT molecular complexity index is 1240. The highest BCUT2D eigenvalue weighted by Crippen LogP contribution is 2.45. The summed E-state index contributed by atoms with van der Waals surface area (Å²) in [5, 5.41) is 11.4. The van der Waals surface area contributed by atoms with Crippen LogP contribution < -0.4 is 15.5 Å². The van der Waals surface area contributed by atoms with Crippen LogP contribution in [0.15, 0.2) is 35.4 Å². The molecule has 1 atom stereocenters. The highest BCUT2D eigenvalue weighted by atomic mass is 16.5. The lowest BCUT2D eigenvalue weighted by Gasteiger charge is -2.39. The molecule has 0 bridgehead atoms. The molecule has 0 radical (unpaired) electrons. The molecule has 1 aromatic carbocycles. The Hall–Kier alpha value is -3.15. The van der Waals surface area contributed by atoms with Gasteiger partial charge in [-0.3, -0.25) is 9.59 Å². The van der Waals surface area contributed by atoms with Crippen LogP contribution in [0, 0.1) is 16.2 Å². The maximum absolute atomic E-state index is 13.0. The summed E-state index contributed by atoms with van der Waals surface area (Å²) in [6.45, 7) is 15.7. The molecule has 2 N–H and O–H groups in total. The monoisotopic (exact) mass is 491 g/mol. The number of fused-ring (bicyclic) bond motifs is 3. The lowest BCUT2D eigenvalue weighted by atomic mass is 9.78. The van der Waals surface area contributed by atoms with E-state index in [1.807, 2.05) is 19.2 Å². The van der Waals surface area contributed by atoms with Gasteiger partial charge in [0.2, 0.25) is 0 Å². The minimum absolute atomic E-state index is 0.0569. The van der Waals surface area contributed by atoms with E-state index >= 15 is 0 Å². The summed E-state index contributed by atoms with van der Waals surface area (Å²) in [6.07, 6.45) is 6.80. The average Bonchev–Trinajstić information content (AvgIpc) is 2.79. The first-order valence-electron chi connectivity index (χ1n) is 12.8. The number of pyridine rings is 1. The van der Waals surface area contributed by atoms with Crippen LogP contribution in [-0.4, -0.2) is 30.2 Å². The van der Waals surface area contributed by atoms with Gasteiger partial charge in [-0.2, -0.15) is 0 Å². The summed E-state index contributed by atoms with van der Waals surface area (Å²) in [6, 6.07) is 5.72. The summed E-state index contributed by atoms with van der Waals surface area (Å²) in [5.41, 5.74) is 4.41. The summed E-state index contributed by atoms with van der Waals surface area (Å²) in [5.74, 6) is 0.535. The van der Waals surface area contributed by atoms with E-state index in [0.29, 0.717) is 18.6 Å². The number of hydrogen-bond donors (Lipinski definition) is 2. The largest absolute Gasteiger partial charge is 0.496 e. The number of ether oxygens (including phenoxy) is 1. The van der Waals surface area contributed by atoms with Gasteiger partial charge in [-0.15, -0.1) is 0 Å². The average molecular weight is 492 g/mol. The fraction of sp³-hybridized carbons (Fsp3) is 0.500. The second-order valence-corrected chi connectivity index (χ2v) is 12.0. The maximum atomic E-state index is 13.0. The van der Waals surface area contributed by atoms with Gasteiger partial charge >= 0.3 is 0 Å². The predicted molar refractivity (Wildman–Crippen MR) is 148 cm³/mol. The zero-order valence-corrected chi connectivity index (χ0v) is 23.0. The molecule has 0 amide bonds. The number of hydrogen-bond acceptors (Lipinski definition) is 5. The first-order chi connectivity index (χ1) is 16.8. The zero-order valence-electron chi connectivity index (χ0n) is 23.0. The number of aromatic nitrogens is 1. The number of ketones is 1. The maximum Gasteiger partial charge on any atom is 0.192 e. The molecule has 1 aliphatic heterocycles. The van der Waals surface area contributed by atoms with Crippen LogP contribution in [0.5, 0.6) is 5.75 Å². The van der Waals surface area contributed by atoms with Crippen molar-refractivity contribution in [2.45, 2.75) is 73.8 Å². The molecule has 0 spiro atoms. The van der Waals surface area contributed by atoms with Crippen molar-refractivity contribution in [3.63, 3.8) is 0 Å². The Kier molecular flexibility index (Phi) is 7.97. The molecule has 6 nitrogen and oxygen atoms in total. The van der Waals surface area contributed by atoms with E-state index in [1.165, 1.54) is 6.21 Å². The SMILES string of the molecule is CCCC(=O)c1cn2c(cc1=O)-c1cc(OC)c(/C(C=N)=C/NCC(C)(C)C)cc1CC2C(C)(C)C. The molecule has 2 aromatic rings. The predicted octanol–water partition coefficient (Wildman–Crippen LogP) is 6.28. The number of benzene rings is 1. The van der Waals surface area contributed by atoms with Gasteiger partial charge < -0.3 is 20.0 Å². The molecule has 3 rings (SSSR count). The van der Waals surface area contributed by atoms with Gasteiger partial charge in [0.05, 0.1) is 18.4 Å². The summed E-state index contributed by atoms with van der Waals surface area (Å²) in [7, 11) is 1.62. The molecule has 0 fully saturated rings. The van der Waals surface area contributed by atoms with Gasteiger partial charge in [-0.05, 0) is 41.4 Å². The van der Waals surface area contributed by atoms with Crippen LogP contribution in [0.25, 0.3) is 16.8 Å². The van der Waals surface area contributed by atoms with Crippen LogP contribution >= 0.6 is 0 Å². The number of allylic oxidation sites excluding steroid dienone is 1. The number of methoxy groups -OCH3 is 1. The number of rotatable bonds is 8. The van der Waals surface area contributed by atoms with E-state index in [9.17, 15) is 9.59 Å². The van der Waals surface area contributed by atoms with Gasteiger partial charge in [-0.1, -0.05) is 48.5 Å². The molecule has 0 saturated carbocycles. The van der Waals surface area contributed by atoms with Crippen LogP contribution in [0.4, 0.5) is 0 Å². The van der Waals surface area contributed by atoms with Crippen molar-refractivity contribution in [1.82, 2.24) is 9.88 Å². The second-order valence-electron chi connectivity index (χ2n) is 12.0.